The van der Waals surface area contributed by atoms with Crippen molar-refractivity contribution in [3.05, 3.63) is 36.4 Å². The molecule has 0 spiro atoms. The molecule has 4 N–H and O–H groups in total. The molecule has 0 aliphatic heterocycles. The minimum Gasteiger partial charge on any atom is -0.504 e. The summed E-state index contributed by atoms with van der Waals surface area (Å²) in [5, 5.41) is 18.9. The fourth-order valence-corrected chi connectivity index (χ4v) is 2.11. The van der Waals surface area contributed by atoms with Crippen LogP contribution in [-0.4, -0.2) is 29.7 Å². The van der Waals surface area contributed by atoms with Crippen LogP contribution >= 0.6 is 0 Å². The van der Waals surface area contributed by atoms with Crippen LogP contribution in [0.4, 0.5) is 5.82 Å². The minimum atomic E-state index is -0.159. The van der Waals surface area contributed by atoms with Gasteiger partial charge in [-0.25, -0.2) is 15.0 Å². The second-order valence-corrected chi connectivity index (χ2v) is 4.51. The first-order chi connectivity index (χ1) is 9.58. The van der Waals surface area contributed by atoms with Gasteiger partial charge in [0.05, 0.1) is 12.4 Å². The van der Waals surface area contributed by atoms with Gasteiger partial charge in [0.1, 0.15) is 11.8 Å². The van der Waals surface area contributed by atoms with Crippen molar-refractivity contribution in [1.82, 2.24) is 19.5 Å². The number of hydrogen-bond acceptors (Lipinski definition) is 6. The molecule has 0 fully saturated rings. The smallest absolute Gasteiger partial charge is 0.165 e. The van der Waals surface area contributed by atoms with E-state index >= 15 is 0 Å². The first-order valence-electron chi connectivity index (χ1n) is 6.03. The number of nitrogen functional groups attached to an aromatic ring is 1. The van der Waals surface area contributed by atoms with Gasteiger partial charge in [-0.2, -0.15) is 0 Å². The van der Waals surface area contributed by atoms with Crippen molar-refractivity contribution < 1.29 is 10.2 Å². The third-order valence-electron chi connectivity index (χ3n) is 3.29. The molecule has 0 aliphatic rings. The van der Waals surface area contributed by atoms with Crippen LogP contribution in [0, 0.1) is 0 Å². The molecule has 3 aromatic rings. The van der Waals surface area contributed by atoms with Crippen molar-refractivity contribution in [2.75, 3.05) is 5.73 Å². The molecule has 0 bridgehead atoms. The van der Waals surface area contributed by atoms with Crippen LogP contribution in [-0.2, 0) is 0 Å². The van der Waals surface area contributed by atoms with Gasteiger partial charge in [-0.1, -0.05) is 6.07 Å². The highest BCUT2D eigenvalue weighted by Crippen LogP contribution is 2.30. The molecular formula is C13H13N5O2. The highest BCUT2D eigenvalue weighted by molar-refractivity contribution is 5.81. The number of hydrogen-bond donors (Lipinski definition) is 3. The van der Waals surface area contributed by atoms with Gasteiger partial charge < -0.3 is 20.5 Å². The summed E-state index contributed by atoms with van der Waals surface area (Å²) in [6.07, 6.45) is 3.02. The van der Waals surface area contributed by atoms with Crippen LogP contribution in [0.15, 0.2) is 30.9 Å². The number of imidazole rings is 1. The SMILES string of the molecule is CC(c1ccc(O)c(O)c1)n1cnc2c(N)ncnc21. The zero-order chi connectivity index (χ0) is 14.3. The van der Waals surface area contributed by atoms with Crippen LogP contribution in [0.25, 0.3) is 11.2 Å². The number of aromatic hydroxyl groups is 2. The van der Waals surface area contributed by atoms with Crippen molar-refractivity contribution in [3.63, 3.8) is 0 Å². The van der Waals surface area contributed by atoms with Crippen molar-refractivity contribution >= 4 is 17.0 Å². The summed E-state index contributed by atoms with van der Waals surface area (Å²) in [6.45, 7) is 1.94. The summed E-state index contributed by atoms with van der Waals surface area (Å²) < 4.78 is 1.83. The lowest BCUT2D eigenvalue weighted by molar-refractivity contribution is 0.402. The number of rotatable bonds is 2. The van der Waals surface area contributed by atoms with Gasteiger partial charge in [-0.3, -0.25) is 0 Å². The summed E-state index contributed by atoms with van der Waals surface area (Å²) >= 11 is 0. The summed E-state index contributed by atoms with van der Waals surface area (Å²) in [4.78, 5) is 12.3. The van der Waals surface area contributed by atoms with Crippen LogP contribution in [0.1, 0.15) is 18.5 Å². The van der Waals surface area contributed by atoms with Crippen molar-refractivity contribution in [3.8, 4) is 11.5 Å². The molecule has 7 nitrogen and oxygen atoms in total. The minimum absolute atomic E-state index is 0.124. The Balaban J connectivity index is 2.10. The largest absolute Gasteiger partial charge is 0.504 e. The van der Waals surface area contributed by atoms with E-state index in [1.807, 2.05) is 11.5 Å². The number of phenols is 2. The van der Waals surface area contributed by atoms with Crippen molar-refractivity contribution in [1.29, 1.82) is 0 Å². The Morgan fingerprint density at radius 2 is 1.95 bits per heavy atom. The van der Waals surface area contributed by atoms with Crippen LogP contribution in [0.2, 0.25) is 0 Å². The Morgan fingerprint density at radius 1 is 1.15 bits per heavy atom. The zero-order valence-electron chi connectivity index (χ0n) is 10.7. The molecular weight excluding hydrogens is 258 g/mol. The van der Waals surface area contributed by atoms with Gasteiger partial charge in [0.15, 0.2) is 23.0 Å². The van der Waals surface area contributed by atoms with Gasteiger partial charge in [0.25, 0.3) is 0 Å². The first-order valence-corrected chi connectivity index (χ1v) is 6.03. The molecule has 7 heteroatoms. The summed E-state index contributed by atoms with van der Waals surface area (Å²) in [5.74, 6) is 0.0189. The van der Waals surface area contributed by atoms with Gasteiger partial charge in [-0.05, 0) is 24.6 Å². The lowest BCUT2D eigenvalue weighted by Crippen LogP contribution is -2.06. The molecule has 2 aromatic heterocycles. The van der Waals surface area contributed by atoms with Crippen LogP contribution in [0.5, 0.6) is 11.5 Å². The van der Waals surface area contributed by atoms with Gasteiger partial charge in [0.2, 0.25) is 0 Å². The van der Waals surface area contributed by atoms with Gasteiger partial charge >= 0.3 is 0 Å². The third kappa shape index (κ3) is 1.80. The molecule has 1 unspecified atom stereocenters. The first kappa shape index (κ1) is 12.2. The van der Waals surface area contributed by atoms with E-state index in [9.17, 15) is 10.2 Å². The van der Waals surface area contributed by atoms with E-state index in [1.165, 1.54) is 18.5 Å². The highest BCUT2D eigenvalue weighted by Gasteiger charge is 2.15. The normalized spacial score (nSPS) is 12.7. The molecule has 1 aromatic carbocycles. The molecule has 20 heavy (non-hydrogen) atoms. The van der Waals surface area contributed by atoms with Crippen molar-refractivity contribution in [2.45, 2.75) is 13.0 Å². The second kappa shape index (κ2) is 4.37. The summed E-state index contributed by atoms with van der Waals surface area (Å²) in [7, 11) is 0. The number of nitrogens with two attached hydrogens (primary N) is 1. The fraction of sp³-hybridized carbons (Fsp3) is 0.154. The number of benzene rings is 1. The quantitative estimate of drug-likeness (QED) is 0.608. The average molecular weight is 271 g/mol. The predicted octanol–water partition coefficient (Wildman–Crippen LogP) is 1.43. The molecule has 0 aliphatic carbocycles. The summed E-state index contributed by atoms with van der Waals surface area (Å²) in [6, 6.07) is 4.57. The monoisotopic (exact) mass is 271 g/mol. The Morgan fingerprint density at radius 3 is 2.70 bits per heavy atom. The van der Waals surface area contributed by atoms with Crippen molar-refractivity contribution in [2.24, 2.45) is 0 Å². The average Bonchev–Trinajstić information content (AvgIpc) is 2.86. The molecule has 1 atom stereocenters. The van der Waals surface area contributed by atoms with E-state index in [0.29, 0.717) is 17.0 Å². The lowest BCUT2D eigenvalue weighted by Gasteiger charge is -2.14. The molecule has 0 radical (unpaired) electrons. The molecule has 102 valence electrons. The van der Waals surface area contributed by atoms with Crippen LogP contribution in [0.3, 0.4) is 0 Å². The number of phenolic OH excluding ortho intramolecular Hbond substituents is 2. The maximum atomic E-state index is 9.58. The number of nitrogens with zero attached hydrogens (tertiary/aromatic N) is 4. The molecule has 0 amide bonds. The van der Waals surface area contributed by atoms with E-state index in [4.69, 9.17) is 5.73 Å². The Hall–Kier alpha value is -2.83. The number of fused-ring (bicyclic) bond motifs is 1. The molecule has 2 heterocycles. The molecule has 3 rings (SSSR count). The second-order valence-electron chi connectivity index (χ2n) is 4.51. The van der Waals surface area contributed by atoms with Crippen LogP contribution < -0.4 is 5.73 Å². The maximum absolute atomic E-state index is 9.58. The topological polar surface area (TPSA) is 110 Å². The summed E-state index contributed by atoms with van der Waals surface area (Å²) in [5.41, 5.74) is 7.74. The van der Waals surface area contributed by atoms with E-state index in [2.05, 4.69) is 15.0 Å². The molecule has 0 saturated carbocycles. The Kier molecular flexibility index (Phi) is 2.67. The lowest BCUT2D eigenvalue weighted by atomic mass is 10.1. The van der Waals surface area contributed by atoms with E-state index in [-0.39, 0.29) is 17.5 Å². The van der Waals surface area contributed by atoms with Gasteiger partial charge in [-0.15, -0.1) is 0 Å². The molecule has 0 saturated heterocycles. The fourth-order valence-electron chi connectivity index (χ4n) is 2.11. The van der Waals surface area contributed by atoms with E-state index < -0.39 is 0 Å². The Bertz CT molecular complexity index is 784. The standard InChI is InChI=1S/C13H13N5O2/c1-7(8-2-3-9(19)10(20)4-8)18-6-17-11-12(14)15-5-16-13(11)18/h2-7,19-20H,1H3,(H2,14,15,16). The number of aromatic nitrogens is 4. The zero-order valence-corrected chi connectivity index (χ0v) is 10.7. The number of anilines is 1. The van der Waals surface area contributed by atoms with E-state index in [1.54, 1.807) is 12.4 Å². The predicted molar refractivity (Wildman–Crippen MR) is 73.3 cm³/mol. The van der Waals surface area contributed by atoms with Gasteiger partial charge in [0, 0.05) is 0 Å². The Labute approximate surface area is 114 Å². The highest BCUT2D eigenvalue weighted by atomic mass is 16.3. The maximum Gasteiger partial charge on any atom is 0.165 e. The van der Waals surface area contributed by atoms with E-state index in [0.717, 1.165) is 5.56 Å². The third-order valence-corrected chi connectivity index (χ3v) is 3.29.